The molecule has 0 bridgehead atoms. The molecule has 2 aliphatic rings. The van der Waals surface area contributed by atoms with Gasteiger partial charge in [-0.15, -0.1) is 0 Å². The van der Waals surface area contributed by atoms with E-state index in [-0.39, 0.29) is 24.5 Å². The number of hydrogen-bond donors (Lipinski definition) is 0. The van der Waals surface area contributed by atoms with Gasteiger partial charge in [-0.05, 0) is 25.8 Å². The normalized spacial score (nSPS) is 19.5. The summed E-state index contributed by atoms with van der Waals surface area (Å²) in [5, 5.41) is 0. The van der Waals surface area contributed by atoms with Crippen LogP contribution in [0.25, 0.3) is 0 Å². The number of aryl methyl sites for hydroxylation is 1. The molecule has 3 rings (SSSR count). The molecule has 8 heteroatoms. The number of methoxy groups -OCH3 is 1. The summed E-state index contributed by atoms with van der Waals surface area (Å²) in [4.78, 5) is 38.3. The molecule has 8 nitrogen and oxygen atoms in total. The highest BCUT2D eigenvalue weighted by molar-refractivity contribution is 6.02. The maximum absolute atomic E-state index is 12.5. The highest BCUT2D eigenvalue weighted by Gasteiger charge is 2.40. The Labute approximate surface area is 141 Å². The van der Waals surface area contributed by atoms with Gasteiger partial charge in [0.1, 0.15) is 18.2 Å². The minimum Gasteiger partial charge on any atom is -0.383 e. The monoisotopic (exact) mass is 333 g/mol. The lowest BCUT2D eigenvalue weighted by Gasteiger charge is -2.36. The van der Waals surface area contributed by atoms with Crippen LogP contribution in [0.1, 0.15) is 18.7 Å². The summed E-state index contributed by atoms with van der Waals surface area (Å²) in [6, 6.07) is 1.83. The van der Waals surface area contributed by atoms with E-state index in [1.165, 1.54) is 4.90 Å². The van der Waals surface area contributed by atoms with Crippen molar-refractivity contribution in [1.29, 1.82) is 0 Å². The molecule has 0 aliphatic carbocycles. The summed E-state index contributed by atoms with van der Waals surface area (Å²) in [5.41, 5.74) is 0. The van der Waals surface area contributed by atoms with Gasteiger partial charge in [0, 0.05) is 32.4 Å². The van der Waals surface area contributed by atoms with Gasteiger partial charge >= 0.3 is 6.03 Å². The number of amides is 3. The fourth-order valence-corrected chi connectivity index (χ4v) is 3.28. The Balaban J connectivity index is 1.59. The van der Waals surface area contributed by atoms with E-state index in [0.717, 1.165) is 37.6 Å². The number of imide groups is 1. The summed E-state index contributed by atoms with van der Waals surface area (Å²) in [6.45, 7) is 4.38. The molecule has 2 saturated heterocycles. The lowest BCUT2D eigenvalue weighted by atomic mass is 10.0. The average molecular weight is 333 g/mol. The Bertz CT molecular complexity index is 615. The molecular weight excluding hydrogens is 310 g/mol. The molecule has 0 aromatic carbocycles. The Hall–Kier alpha value is -2.22. The third-order valence-corrected chi connectivity index (χ3v) is 4.59. The quantitative estimate of drug-likeness (QED) is 0.737. The molecule has 0 atom stereocenters. The molecule has 0 spiro atoms. The van der Waals surface area contributed by atoms with Crippen LogP contribution in [0, 0.1) is 6.92 Å². The molecule has 0 saturated carbocycles. The van der Waals surface area contributed by atoms with Crippen LogP contribution in [0.15, 0.2) is 12.3 Å². The second-order valence-corrected chi connectivity index (χ2v) is 6.13. The summed E-state index contributed by atoms with van der Waals surface area (Å²) in [6.07, 6.45) is 3.43. The highest BCUT2D eigenvalue weighted by Crippen LogP contribution is 2.24. The Morgan fingerprint density at radius 1 is 1.29 bits per heavy atom. The maximum atomic E-state index is 12.5. The van der Waals surface area contributed by atoms with Gasteiger partial charge in [0.05, 0.1) is 13.2 Å². The van der Waals surface area contributed by atoms with Crippen LogP contribution in [0.3, 0.4) is 0 Å². The van der Waals surface area contributed by atoms with Gasteiger partial charge in [-0.3, -0.25) is 9.69 Å². The first kappa shape index (κ1) is 16.6. The van der Waals surface area contributed by atoms with E-state index in [1.807, 2.05) is 13.0 Å². The molecule has 0 N–H and O–H groups in total. The number of aromatic nitrogens is 2. The van der Waals surface area contributed by atoms with E-state index in [1.54, 1.807) is 18.2 Å². The fourth-order valence-electron chi connectivity index (χ4n) is 3.28. The molecule has 3 amide bonds. The van der Waals surface area contributed by atoms with E-state index < -0.39 is 0 Å². The number of anilines is 1. The zero-order valence-corrected chi connectivity index (χ0v) is 14.1. The zero-order chi connectivity index (χ0) is 17.1. The topological polar surface area (TPSA) is 78.9 Å². The van der Waals surface area contributed by atoms with Gasteiger partial charge < -0.3 is 14.5 Å². The highest BCUT2D eigenvalue weighted by atomic mass is 16.5. The molecule has 1 aromatic heterocycles. The number of rotatable bonds is 5. The maximum Gasteiger partial charge on any atom is 0.327 e. The summed E-state index contributed by atoms with van der Waals surface area (Å²) in [5.74, 6) is 1.54. The Morgan fingerprint density at radius 3 is 2.71 bits per heavy atom. The third kappa shape index (κ3) is 3.33. The standard InChI is InChI=1S/C16H23N5O3/c1-12-17-6-3-14(18-12)19-7-4-13(5-8-19)21-11-15(22)20(16(21)23)9-10-24-2/h3,6,13H,4-5,7-11H2,1-2H3. The number of hydrogen-bond acceptors (Lipinski definition) is 6. The first-order valence-corrected chi connectivity index (χ1v) is 8.24. The minimum atomic E-state index is -0.187. The summed E-state index contributed by atoms with van der Waals surface area (Å²) >= 11 is 0. The van der Waals surface area contributed by atoms with Gasteiger partial charge in [-0.25, -0.2) is 14.8 Å². The number of carbonyl (C=O) groups excluding carboxylic acids is 2. The van der Waals surface area contributed by atoms with Crippen LogP contribution in [0.2, 0.25) is 0 Å². The van der Waals surface area contributed by atoms with Crippen molar-refractivity contribution in [1.82, 2.24) is 19.8 Å². The van der Waals surface area contributed by atoms with Crippen molar-refractivity contribution in [3.63, 3.8) is 0 Å². The van der Waals surface area contributed by atoms with Crippen LogP contribution < -0.4 is 4.90 Å². The van der Waals surface area contributed by atoms with Crippen molar-refractivity contribution >= 4 is 17.8 Å². The van der Waals surface area contributed by atoms with Crippen LogP contribution in [-0.2, 0) is 9.53 Å². The van der Waals surface area contributed by atoms with Crippen LogP contribution in [0.4, 0.5) is 10.6 Å². The number of carbonyl (C=O) groups is 2. The second-order valence-electron chi connectivity index (χ2n) is 6.13. The van der Waals surface area contributed by atoms with Crippen LogP contribution >= 0.6 is 0 Å². The largest absolute Gasteiger partial charge is 0.383 e. The average Bonchev–Trinajstić information content (AvgIpc) is 2.87. The van der Waals surface area contributed by atoms with E-state index >= 15 is 0 Å². The predicted molar refractivity (Wildman–Crippen MR) is 87.7 cm³/mol. The van der Waals surface area contributed by atoms with Crippen LogP contribution in [0.5, 0.6) is 0 Å². The smallest absolute Gasteiger partial charge is 0.327 e. The van der Waals surface area contributed by atoms with Crippen molar-refractivity contribution in [2.24, 2.45) is 0 Å². The second kappa shape index (κ2) is 7.12. The first-order chi connectivity index (χ1) is 11.6. The number of urea groups is 1. The minimum absolute atomic E-state index is 0.105. The number of ether oxygens (including phenoxy) is 1. The van der Waals surface area contributed by atoms with Crippen molar-refractivity contribution in [2.45, 2.75) is 25.8 Å². The van der Waals surface area contributed by atoms with Crippen LogP contribution in [-0.4, -0.2) is 77.6 Å². The molecule has 3 heterocycles. The molecule has 1 aromatic rings. The predicted octanol–water partition coefficient (Wildman–Crippen LogP) is 0.664. The first-order valence-electron chi connectivity index (χ1n) is 8.24. The Kier molecular flexibility index (Phi) is 4.94. The summed E-state index contributed by atoms with van der Waals surface area (Å²) in [7, 11) is 1.56. The molecule has 130 valence electrons. The molecule has 24 heavy (non-hydrogen) atoms. The van der Waals surface area contributed by atoms with Gasteiger partial charge in [-0.2, -0.15) is 0 Å². The number of piperidine rings is 1. The molecule has 0 unspecified atom stereocenters. The van der Waals surface area contributed by atoms with Crippen molar-refractivity contribution in [3.8, 4) is 0 Å². The lowest BCUT2D eigenvalue weighted by Crippen LogP contribution is -2.47. The van der Waals surface area contributed by atoms with Gasteiger partial charge in [0.15, 0.2) is 0 Å². The molecule has 0 radical (unpaired) electrons. The van der Waals surface area contributed by atoms with Gasteiger partial charge in [0.2, 0.25) is 5.91 Å². The summed E-state index contributed by atoms with van der Waals surface area (Å²) < 4.78 is 4.97. The SMILES string of the molecule is COCCN1C(=O)CN(C2CCN(c3ccnc(C)n3)CC2)C1=O. The van der Waals surface area contributed by atoms with E-state index in [2.05, 4.69) is 14.9 Å². The lowest BCUT2D eigenvalue weighted by molar-refractivity contribution is -0.125. The molecule has 2 aliphatic heterocycles. The van der Waals surface area contributed by atoms with Crippen molar-refractivity contribution < 1.29 is 14.3 Å². The van der Waals surface area contributed by atoms with Crippen molar-refractivity contribution in [3.05, 3.63) is 18.1 Å². The van der Waals surface area contributed by atoms with Gasteiger partial charge in [0.25, 0.3) is 0 Å². The van der Waals surface area contributed by atoms with E-state index in [0.29, 0.717) is 13.2 Å². The molecule has 2 fully saturated rings. The third-order valence-electron chi connectivity index (χ3n) is 4.59. The van der Waals surface area contributed by atoms with Crippen molar-refractivity contribution in [2.75, 3.05) is 44.8 Å². The van der Waals surface area contributed by atoms with Gasteiger partial charge in [-0.1, -0.05) is 0 Å². The fraction of sp³-hybridized carbons (Fsp3) is 0.625. The van der Waals surface area contributed by atoms with E-state index in [4.69, 9.17) is 4.74 Å². The Morgan fingerprint density at radius 2 is 2.04 bits per heavy atom. The zero-order valence-electron chi connectivity index (χ0n) is 14.1. The number of nitrogens with zero attached hydrogens (tertiary/aromatic N) is 5. The van der Waals surface area contributed by atoms with E-state index in [9.17, 15) is 9.59 Å². The molecular formula is C16H23N5O3.